The largest absolute Gasteiger partial charge is 0.487 e. The first-order chi connectivity index (χ1) is 17.4. The van der Waals surface area contributed by atoms with Gasteiger partial charge >= 0.3 is 0 Å². The Bertz CT molecular complexity index is 1270. The van der Waals surface area contributed by atoms with Gasteiger partial charge in [0.1, 0.15) is 18.1 Å². The molecule has 0 aliphatic heterocycles. The van der Waals surface area contributed by atoms with Gasteiger partial charge in [-0.3, -0.25) is 10.1 Å². The Kier molecular flexibility index (Phi) is 5.79. The molecule has 3 aliphatic rings. The van der Waals surface area contributed by atoms with Crippen molar-refractivity contribution in [1.29, 1.82) is 0 Å². The van der Waals surface area contributed by atoms with Crippen molar-refractivity contribution in [2.75, 3.05) is 0 Å². The van der Waals surface area contributed by atoms with Crippen molar-refractivity contribution in [3.05, 3.63) is 81.2 Å². The van der Waals surface area contributed by atoms with Crippen molar-refractivity contribution >= 4 is 5.69 Å². The molecule has 1 heterocycles. The van der Waals surface area contributed by atoms with E-state index in [1.807, 2.05) is 6.20 Å². The molecule has 0 unspecified atom stereocenters. The molecule has 8 nitrogen and oxygen atoms in total. The second kappa shape index (κ2) is 9.00. The number of aliphatic hydroxyl groups excluding tert-OH is 1. The number of aromatic nitrogens is 3. The summed E-state index contributed by atoms with van der Waals surface area (Å²) in [4.78, 5) is 10.4. The molecule has 0 amide bonds. The number of rotatable bonds is 6. The molecule has 5 atom stereocenters. The molecule has 1 N–H and O–H groups in total. The van der Waals surface area contributed by atoms with E-state index in [2.05, 4.69) is 35.4 Å². The highest BCUT2D eigenvalue weighted by molar-refractivity contribution is 5.41. The quantitative estimate of drug-likeness (QED) is 0.386. The third-order valence-electron chi connectivity index (χ3n) is 9.11. The fraction of sp³-hybridized carbons (Fsp3) is 0.500. The minimum absolute atomic E-state index is 0.0753. The fourth-order valence-corrected chi connectivity index (χ4v) is 7.17. The summed E-state index contributed by atoms with van der Waals surface area (Å²) in [6.07, 6.45) is 8.40. The number of nitro groups is 1. The monoisotopic (exact) mass is 488 g/mol. The van der Waals surface area contributed by atoms with Crippen molar-refractivity contribution in [2.24, 2.45) is 17.3 Å². The van der Waals surface area contributed by atoms with Crippen LogP contribution in [0.5, 0.6) is 5.75 Å². The molecule has 1 aromatic heterocycles. The molecule has 188 valence electrons. The van der Waals surface area contributed by atoms with Crippen LogP contribution in [0.15, 0.2) is 48.7 Å². The lowest BCUT2D eigenvalue weighted by atomic mass is 9.55. The van der Waals surface area contributed by atoms with Crippen LogP contribution in [0, 0.1) is 27.4 Å². The molecule has 3 aromatic rings. The van der Waals surface area contributed by atoms with Crippen molar-refractivity contribution in [2.45, 2.75) is 70.6 Å². The summed E-state index contributed by atoms with van der Waals surface area (Å²) in [5.41, 5.74) is 4.72. The molecule has 8 heteroatoms. The van der Waals surface area contributed by atoms with E-state index in [1.165, 1.54) is 42.5 Å². The lowest BCUT2D eigenvalue weighted by Crippen LogP contribution is -2.43. The van der Waals surface area contributed by atoms with Crippen LogP contribution in [0.1, 0.15) is 67.3 Å². The normalized spacial score (nSPS) is 28.7. The van der Waals surface area contributed by atoms with Crippen molar-refractivity contribution in [1.82, 2.24) is 15.0 Å². The molecular formula is C28H32N4O4. The standard InChI is InChI=1S/C28H32N4O4/c1-28-13-12-24-23-9-7-22(14-19(23)4-8-25(24)26(28)10-11-27(28)33)36-17-20-16-31(30-29-20)15-18-2-5-21(6-3-18)32(34)35/h2-3,5-7,9,14,16,24-27,33H,4,8,10-13,15,17H2,1H3/t24-,25-,26+,27-,28-/m1/s1. The molecule has 0 spiro atoms. The summed E-state index contributed by atoms with van der Waals surface area (Å²) in [6, 6.07) is 13.0. The van der Waals surface area contributed by atoms with Crippen LogP contribution >= 0.6 is 0 Å². The van der Waals surface area contributed by atoms with Crippen LogP contribution in [-0.4, -0.2) is 31.1 Å². The van der Waals surface area contributed by atoms with Crippen LogP contribution in [0.3, 0.4) is 0 Å². The number of aryl methyl sites for hydroxylation is 1. The van der Waals surface area contributed by atoms with E-state index in [4.69, 9.17) is 4.74 Å². The molecule has 2 aromatic carbocycles. The van der Waals surface area contributed by atoms with E-state index in [0.29, 0.717) is 30.9 Å². The van der Waals surface area contributed by atoms with E-state index >= 15 is 0 Å². The number of benzene rings is 2. The summed E-state index contributed by atoms with van der Waals surface area (Å²) >= 11 is 0. The third kappa shape index (κ3) is 4.07. The number of nitrogens with zero attached hydrogens (tertiary/aromatic N) is 4. The van der Waals surface area contributed by atoms with Crippen LogP contribution in [-0.2, 0) is 19.6 Å². The maximum Gasteiger partial charge on any atom is 0.269 e. The number of fused-ring (bicyclic) bond motifs is 5. The van der Waals surface area contributed by atoms with Crippen molar-refractivity contribution in [3.8, 4) is 5.75 Å². The van der Waals surface area contributed by atoms with Crippen LogP contribution in [0.2, 0.25) is 0 Å². The van der Waals surface area contributed by atoms with E-state index in [-0.39, 0.29) is 17.2 Å². The number of nitro benzene ring substituents is 1. The molecule has 0 radical (unpaired) electrons. The van der Waals surface area contributed by atoms with Gasteiger partial charge in [-0.2, -0.15) is 0 Å². The first-order valence-electron chi connectivity index (χ1n) is 13.0. The fourth-order valence-electron chi connectivity index (χ4n) is 7.17. The minimum Gasteiger partial charge on any atom is -0.487 e. The summed E-state index contributed by atoms with van der Waals surface area (Å²) in [5, 5.41) is 29.8. The smallest absolute Gasteiger partial charge is 0.269 e. The molecule has 2 fully saturated rings. The second-order valence-electron chi connectivity index (χ2n) is 11.0. The highest BCUT2D eigenvalue weighted by atomic mass is 16.6. The van der Waals surface area contributed by atoms with Gasteiger partial charge in [0, 0.05) is 12.1 Å². The summed E-state index contributed by atoms with van der Waals surface area (Å²) in [5.74, 6) is 2.79. The van der Waals surface area contributed by atoms with Gasteiger partial charge in [-0.15, -0.1) is 5.10 Å². The SMILES string of the molecule is C[C@@]12CC[C@@H]3c4ccc(OCc5cn(Cc6ccc([N+](=O)[O-])cc6)nn5)cc4CC[C@H]3[C@@H]1CC[C@H]2O. The average molecular weight is 489 g/mol. The van der Waals surface area contributed by atoms with E-state index in [9.17, 15) is 15.2 Å². The van der Waals surface area contributed by atoms with Gasteiger partial charge < -0.3 is 9.84 Å². The van der Waals surface area contributed by atoms with Gasteiger partial charge in [0.25, 0.3) is 5.69 Å². The van der Waals surface area contributed by atoms with Gasteiger partial charge in [0.05, 0.1) is 23.8 Å². The number of non-ortho nitro benzene ring substituents is 1. The molecular weight excluding hydrogens is 456 g/mol. The highest BCUT2D eigenvalue weighted by Crippen LogP contribution is 2.60. The first-order valence-corrected chi connectivity index (χ1v) is 13.0. The van der Waals surface area contributed by atoms with E-state index < -0.39 is 4.92 Å². The zero-order valence-electron chi connectivity index (χ0n) is 20.5. The number of ether oxygens (including phenoxy) is 1. The molecule has 36 heavy (non-hydrogen) atoms. The maximum absolute atomic E-state index is 10.8. The Morgan fingerprint density at radius 3 is 2.81 bits per heavy atom. The molecule has 6 rings (SSSR count). The Morgan fingerprint density at radius 1 is 1.17 bits per heavy atom. The van der Waals surface area contributed by atoms with Gasteiger partial charge in [-0.25, -0.2) is 4.68 Å². The molecule has 0 bridgehead atoms. The summed E-state index contributed by atoms with van der Waals surface area (Å²) < 4.78 is 7.79. The minimum atomic E-state index is -0.403. The van der Waals surface area contributed by atoms with E-state index in [0.717, 1.165) is 36.3 Å². The Morgan fingerprint density at radius 2 is 2.00 bits per heavy atom. The third-order valence-corrected chi connectivity index (χ3v) is 9.11. The highest BCUT2D eigenvalue weighted by Gasteiger charge is 2.54. The first kappa shape index (κ1) is 23.2. The summed E-state index contributed by atoms with van der Waals surface area (Å²) in [6.45, 7) is 3.15. The van der Waals surface area contributed by atoms with E-state index in [1.54, 1.807) is 16.8 Å². The maximum atomic E-state index is 10.8. The summed E-state index contributed by atoms with van der Waals surface area (Å²) in [7, 11) is 0. The van der Waals surface area contributed by atoms with Crippen LogP contribution in [0.4, 0.5) is 5.69 Å². The van der Waals surface area contributed by atoms with Crippen molar-refractivity contribution in [3.63, 3.8) is 0 Å². The number of hydrogen-bond donors (Lipinski definition) is 1. The average Bonchev–Trinajstić information content (AvgIpc) is 3.46. The van der Waals surface area contributed by atoms with Crippen LogP contribution in [0.25, 0.3) is 0 Å². The number of aliphatic hydroxyl groups is 1. The Hall–Kier alpha value is -3.26. The van der Waals surface area contributed by atoms with Gasteiger partial charge in [0.2, 0.25) is 0 Å². The van der Waals surface area contributed by atoms with Gasteiger partial charge in [-0.1, -0.05) is 30.3 Å². The predicted molar refractivity (Wildman–Crippen MR) is 134 cm³/mol. The zero-order valence-corrected chi connectivity index (χ0v) is 20.5. The lowest BCUT2D eigenvalue weighted by molar-refractivity contribution is -0.384. The van der Waals surface area contributed by atoms with Gasteiger partial charge in [-0.05, 0) is 90.5 Å². The number of hydrogen-bond acceptors (Lipinski definition) is 6. The van der Waals surface area contributed by atoms with Gasteiger partial charge in [0.15, 0.2) is 0 Å². The topological polar surface area (TPSA) is 103 Å². The molecule has 3 aliphatic carbocycles. The molecule has 0 saturated heterocycles. The van der Waals surface area contributed by atoms with Crippen LogP contribution < -0.4 is 4.74 Å². The lowest BCUT2D eigenvalue weighted by Gasteiger charge is -2.50. The predicted octanol–water partition coefficient (Wildman–Crippen LogP) is 5.03. The second-order valence-corrected chi connectivity index (χ2v) is 11.0. The zero-order chi connectivity index (χ0) is 24.9. The Balaban J connectivity index is 1.09. The van der Waals surface area contributed by atoms with Crippen molar-refractivity contribution < 1.29 is 14.8 Å². The Labute approximate surface area is 210 Å². The molecule has 2 saturated carbocycles.